The summed E-state index contributed by atoms with van der Waals surface area (Å²) in [7, 11) is -1.12. The van der Waals surface area contributed by atoms with Crippen molar-refractivity contribution < 1.29 is 4.21 Å². The van der Waals surface area contributed by atoms with Crippen molar-refractivity contribution in [2.75, 3.05) is 5.73 Å². The van der Waals surface area contributed by atoms with Crippen LogP contribution in [0.1, 0.15) is 5.56 Å². The second kappa shape index (κ2) is 5.56. The number of thiophene rings is 1. The fourth-order valence-corrected chi connectivity index (χ4v) is 4.49. The maximum atomic E-state index is 12.4. The first-order valence-corrected chi connectivity index (χ1v) is 8.61. The molecule has 2 nitrogen and oxygen atoms in total. The summed E-state index contributed by atoms with van der Waals surface area (Å²) in [5.41, 5.74) is 7.29. The van der Waals surface area contributed by atoms with E-state index in [1.807, 2.05) is 12.1 Å². The van der Waals surface area contributed by atoms with Gasteiger partial charge in [-0.2, -0.15) is 0 Å². The number of fused-ring (bicyclic) bond motifs is 1. The van der Waals surface area contributed by atoms with Crippen molar-refractivity contribution >= 4 is 49.5 Å². The van der Waals surface area contributed by atoms with E-state index >= 15 is 0 Å². The third kappa shape index (κ3) is 2.59. The van der Waals surface area contributed by atoms with E-state index in [0.29, 0.717) is 21.4 Å². The molecule has 3 rings (SSSR count). The van der Waals surface area contributed by atoms with Crippen LogP contribution >= 0.6 is 22.9 Å². The van der Waals surface area contributed by atoms with Gasteiger partial charge in [-0.25, -0.2) is 0 Å². The zero-order chi connectivity index (χ0) is 14.1. The number of rotatable bonds is 3. The molecule has 0 aliphatic heterocycles. The molecule has 1 atom stereocenters. The maximum Gasteiger partial charge on any atom is 0.0647 e. The quantitative estimate of drug-likeness (QED) is 0.724. The van der Waals surface area contributed by atoms with Gasteiger partial charge in [-0.15, -0.1) is 11.3 Å². The van der Waals surface area contributed by atoms with Gasteiger partial charge in [0, 0.05) is 9.60 Å². The Morgan fingerprint density at radius 2 is 2.00 bits per heavy atom. The van der Waals surface area contributed by atoms with Gasteiger partial charge >= 0.3 is 0 Å². The van der Waals surface area contributed by atoms with Crippen LogP contribution in [0.5, 0.6) is 0 Å². The molecule has 1 aromatic heterocycles. The van der Waals surface area contributed by atoms with E-state index in [9.17, 15) is 4.21 Å². The molecule has 0 spiro atoms. The van der Waals surface area contributed by atoms with Gasteiger partial charge < -0.3 is 5.73 Å². The Hall–Kier alpha value is -1.36. The Bertz CT molecular complexity index is 797. The number of nitrogens with two attached hydrogens (primary N) is 1. The summed E-state index contributed by atoms with van der Waals surface area (Å²) in [6.07, 6.45) is 0. The van der Waals surface area contributed by atoms with E-state index in [4.69, 9.17) is 17.3 Å². The van der Waals surface area contributed by atoms with E-state index in [0.717, 1.165) is 5.56 Å². The second-order valence-corrected chi connectivity index (χ2v) is 7.20. The standard InChI is InChI=1S/C15H12ClNOS2/c16-13-7-11(5-6-14(13)17)20(18)9-10-8-19-15-4-2-1-3-12(10)15/h1-8H,9,17H2. The van der Waals surface area contributed by atoms with Crippen molar-refractivity contribution in [2.24, 2.45) is 0 Å². The first-order chi connectivity index (χ1) is 9.65. The molecule has 0 radical (unpaired) electrons. The molecule has 0 saturated carbocycles. The highest BCUT2D eigenvalue weighted by Crippen LogP contribution is 2.28. The fraction of sp³-hybridized carbons (Fsp3) is 0.0667. The fourth-order valence-electron chi connectivity index (χ4n) is 2.02. The Morgan fingerprint density at radius 3 is 2.80 bits per heavy atom. The molecule has 2 N–H and O–H groups in total. The molecule has 1 heterocycles. The van der Waals surface area contributed by atoms with Crippen molar-refractivity contribution in [1.82, 2.24) is 0 Å². The van der Waals surface area contributed by atoms with E-state index in [1.54, 1.807) is 29.5 Å². The van der Waals surface area contributed by atoms with Gasteiger partial charge in [-0.05, 0) is 40.6 Å². The van der Waals surface area contributed by atoms with Crippen LogP contribution in [0.15, 0.2) is 52.7 Å². The second-order valence-electron chi connectivity index (χ2n) is 4.43. The topological polar surface area (TPSA) is 43.1 Å². The van der Waals surface area contributed by atoms with Crippen molar-refractivity contribution in [2.45, 2.75) is 10.6 Å². The van der Waals surface area contributed by atoms with Gasteiger partial charge in [0.05, 0.1) is 27.3 Å². The van der Waals surface area contributed by atoms with E-state index in [-0.39, 0.29) is 0 Å². The largest absolute Gasteiger partial charge is 0.398 e. The van der Waals surface area contributed by atoms with Crippen LogP contribution in [0.4, 0.5) is 5.69 Å². The first kappa shape index (κ1) is 13.6. The summed E-state index contributed by atoms with van der Waals surface area (Å²) in [4.78, 5) is 0.708. The number of hydrogen-bond donors (Lipinski definition) is 1. The van der Waals surface area contributed by atoms with Gasteiger partial charge in [0.2, 0.25) is 0 Å². The van der Waals surface area contributed by atoms with Gasteiger partial charge in [0.1, 0.15) is 0 Å². The minimum absolute atomic E-state index is 0.450. The van der Waals surface area contributed by atoms with Crippen LogP contribution in [-0.4, -0.2) is 4.21 Å². The average Bonchev–Trinajstić information content (AvgIpc) is 2.85. The SMILES string of the molecule is Nc1ccc(S(=O)Cc2csc3ccccc23)cc1Cl. The third-order valence-corrected chi connectivity index (χ3v) is 5.78. The minimum atomic E-state index is -1.12. The van der Waals surface area contributed by atoms with Gasteiger partial charge in [0.25, 0.3) is 0 Å². The van der Waals surface area contributed by atoms with Crippen molar-refractivity contribution in [3.63, 3.8) is 0 Å². The summed E-state index contributed by atoms with van der Waals surface area (Å²) in [6.45, 7) is 0. The average molecular weight is 322 g/mol. The third-order valence-electron chi connectivity index (χ3n) is 3.08. The van der Waals surface area contributed by atoms with E-state index in [1.165, 1.54) is 10.1 Å². The van der Waals surface area contributed by atoms with Crippen LogP contribution < -0.4 is 5.73 Å². The molecule has 102 valence electrons. The highest BCUT2D eigenvalue weighted by atomic mass is 35.5. The monoisotopic (exact) mass is 321 g/mol. The van der Waals surface area contributed by atoms with Crippen molar-refractivity contribution in [3.05, 3.63) is 58.4 Å². The summed E-state index contributed by atoms with van der Waals surface area (Å²) in [5, 5.41) is 3.69. The summed E-state index contributed by atoms with van der Waals surface area (Å²) >= 11 is 7.65. The zero-order valence-corrected chi connectivity index (χ0v) is 12.9. The lowest BCUT2D eigenvalue weighted by atomic mass is 10.2. The number of hydrogen-bond acceptors (Lipinski definition) is 3. The van der Waals surface area contributed by atoms with Crippen LogP contribution in [0.2, 0.25) is 5.02 Å². The smallest absolute Gasteiger partial charge is 0.0647 e. The van der Waals surface area contributed by atoms with E-state index in [2.05, 4.69) is 17.5 Å². The molecule has 3 aromatic rings. The minimum Gasteiger partial charge on any atom is -0.398 e. The normalized spacial score (nSPS) is 12.7. The van der Waals surface area contributed by atoms with Gasteiger partial charge in [-0.3, -0.25) is 4.21 Å². The number of anilines is 1. The predicted molar refractivity (Wildman–Crippen MR) is 87.8 cm³/mol. The number of benzene rings is 2. The molecular weight excluding hydrogens is 310 g/mol. The Balaban J connectivity index is 1.90. The zero-order valence-electron chi connectivity index (χ0n) is 10.5. The van der Waals surface area contributed by atoms with Crippen LogP contribution in [0.25, 0.3) is 10.1 Å². The molecule has 5 heteroatoms. The maximum absolute atomic E-state index is 12.4. The molecule has 20 heavy (non-hydrogen) atoms. The lowest BCUT2D eigenvalue weighted by Gasteiger charge is -2.04. The highest BCUT2D eigenvalue weighted by Gasteiger charge is 2.10. The molecular formula is C15H12ClNOS2. The van der Waals surface area contributed by atoms with Crippen molar-refractivity contribution in [1.29, 1.82) is 0 Å². The molecule has 0 fully saturated rings. The highest BCUT2D eigenvalue weighted by molar-refractivity contribution is 7.84. The van der Waals surface area contributed by atoms with E-state index < -0.39 is 10.8 Å². The Morgan fingerprint density at radius 1 is 1.20 bits per heavy atom. The Kier molecular flexibility index (Phi) is 3.78. The van der Waals surface area contributed by atoms with Crippen LogP contribution in [0.3, 0.4) is 0 Å². The predicted octanol–water partition coefficient (Wildman–Crippen LogP) is 4.44. The van der Waals surface area contributed by atoms with Gasteiger partial charge in [0.15, 0.2) is 0 Å². The molecule has 0 bridgehead atoms. The van der Waals surface area contributed by atoms with Crippen LogP contribution in [-0.2, 0) is 16.6 Å². The molecule has 0 saturated heterocycles. The molecule has 1 unspecified atom stereocenters. The van der Waals surface area contributed by atoms with Gasteiger partial charge in [-0.1, -0.05) is 29.8 Å². The van der Waals surface area contributed by atoms with Crippen LogP contribution in [0, 0.1) is 0 Å². The summed E-state index contributed by atoms with van der Waals surface area (Å²) in [5.74, 6) is 0.490. The summed E-state index contributed by atoms with van der Waals surface area (Å²) in [6, 6.07) is 13.3. The number of halogens is 1. The lowest BCUT2D eigenvalue weighted by Crippen LogP contribution is -1.97. The molecule has 0 amide bonds. The summed E-state index contributed by atoms with van der Waals surface area (Å²) < 4.78 is 13.7. The van der Waals surface area contributed by atoms with Crippen molar-refractivity contribution in [3.8, 4) is 0 Å². The lowest BCUT2D eigenvalue weighted by molar-refractivity contribution is 0.683. The molecule has 2 aromatic carbocycles. The first-order valence-electron chi connectivity index (χ1n) is 6.03. The number of nitrogen functional groups attached to an aromatic ring is 1. The Labute approximate surface area is 128 Å². The molecule has 0 aliphatic carbocycles. The molecule has 0 aliphatic rings.